The van der Waals surface area contributed by atoms with E-state index in [0.29, 0.717) is 23.4 Å². The second kappa shape index (κ2) is 12.2. The van der Waals surface area contributed by atoms with Gasteiger partial charge in [0.2, 0.25) is 21.8 Å². The Morgan fingerprint density at radius 1 is 1.06 bits per heavy atom. The summed E-state index contributed by atoms with van der Waals surface area (Å²) < 4.78 is 39.3. The first-order chi connectivity index (χ1) is 16.0. The van der Waals surface area contributed by atoms with Gasteiger partial charge in [-0.25, -0.2) is 12.8 Å². The normalized spacial score (nSPS) is 13.1. The molecule has 0 spiro atoms. The zero-order chi connectivity index (χ0) is 25.5. The third-order valence-corrected chi connectivity index (χ3v) is 6.99. The number of benzene rings is 2. The van der Waals surface area contributed by atoms with Crippen molar-refractivity contribution in [1.29, 1.82) is 0 Å². The average molecular weight is 512 g/mol. The number of nitrogens with zero attached hydrogens (tertiary/aromatic N) is 2. The number of hydrogen-bond donors (Lipinski definition) is 1. The van der Waals surface area contributed by atoms with Gasteiger partial charge in [0.05, 0.1) is 11.9 Å². The van der Waals surface area contributed by atoms with Crippen molar-refractivity contribution >= 4 is 39.1 Å². The van der Waals surface area contributed by atoms with Crippen molar-refractivity contribution in [3.63, 3.8) is 0 Å². The molecule has 2 rings (SSSR count). The highest BCUT2D eigenvalue weighted by Gasteiger charge is 2.32. The average Bonchev–Trinajstić information content (AvgIpc) is 2.78. The van der Waals surface area contributed by atoms with E-state index in [4.69, 9.17) is 11.6 Å². The van der Waals surface area contributed by atoms with Crippen molar-refractivity contribution in [2.45, 2.75) is 52.2 Å². The van der Waals surface area contributed by atoms with Crippen LogP contribution in [0.3, 0.4) is 0 Å². The third kappa shape index (κ3) is 7.43. The van der Waals surface area contributed by atoms with Crippen molar-refractivity contribution in [3.05, 3.63) is 64.9 Å². The number of halogens is 2. The lowest BCUT2D eigenvalue weighted by Gasteiger charge is -2.33. The molecule has 1 N–H and O–H groups in total. The molecule has 0 unspecified atom stereocenters. The molecule has 2 aromatic rings. The zero-order valence-corrected chi connectivity index (χ0v) is 21.4. The SMILES string of the molecule is CC[C@@H](C)NC(=O)[C@H](CC)N(Cc1ccccc1Cl)C(=O)CN(c1ccc(F)cc1)S(C)(=O)=O. The summed E-state index contributed by atoms with van der Waals surface area (Å²) in [6, 6.07) is 10.8. The molecule has 34 heavy (non-hydrogen) atoms. The second-order valence-corrected chi connectivity index (χ2v) is 10.4. The Morgan fingerprint density at radius 3 is 2.21 bits per heavy atom. The van der Waals surface area contributed by atoms with Crippen LogP contribution in [0, 0.1) is 5.82 Å². The monoisotopic (exact) mass is 511 g/mol. The summed E-state index contributed by atoms with van der Waals surface area (Å²) in [6.07, 6.45) is 2.00. The lowest BCUT2D eigenvalue weighted by Crippen LogP contribution is -2.53. The molecule has 186 valence electrons. The van der Waals surface area contributed by atoms with Crippen molar-refractivity contribution in [2.24, 2.45) is 0 Å². The van der Waals surface area contributed by atoms with Crippen LogP contribution in [-0.4, -0.2) is 50.0 Å². The lowest BCUT2D eigenvalue weighted by atomic mass is 10.1. The van der Waals surface area contributed by atoms with Crippen molar-refractivity contribution in [1.82, 2.24) is 10.2 Å². The molecular weight excluding hydrogens is 481 g/mol. The van der Waals surface area contributed by atoms with Crippen LogP contribution in [0.4, 0.5) is 10.1 Å². The van der Waals surface area contributed by atoms with Gasteiger partial charge in [0.1, 0.15) is 18.4 Å². The van der Waals surface area contributed by atoms with Gasteiger partial charge in [0, 0.05) is 17.6 Å². The molecule has 0 heterocycles. The van der Waals surface area contributed by atoms with E-state index in [1.54, 1.807) is 31.2 Å². The lowest BCUT2D eigenvalue weighted by molar-refractivity contribution is -0.140. The van der Waals surface area contributed by atoms with Crippen LogP contribution in [-0.2, 0) is 26.2 Å². The number of rotatable bonds is 11. The maximum Gasteiger partial charge on any atom is 0.244 e. The van der Waals surface area contributed by atoms with E-state index in [0.717, 1.165) is 22.7 Å². The van der Waals surface area contributed by atoms with Gasteiger partial charge in [-0.3, -0.25) is 13.9 Å². The summed E-state index contributed by atoms with van der Waals surface area (Å²) in [5.41, 5.74) is 0.770. The van der Waals surface area contributed by atoms with Gasteiger partial charge in [0.15, 0.2) is 0 Å². The maximum absolute atomic E-state index is 13.5. The van der Waals surface area contributed by atoms with Gasteiger partial charge in [-0.2, -0.15) is 0 Å². The topological polar surface area (TPSA) is 86.8 Å². The Balaban J connectivity index is 2.44. The number of carbonyl (C=O) groups is 2. The minimum Gasteiger partial charge on any atom is -0.352 e. The van der Waals surface area contributed by atoms with E-state index in [1.165, 1.54) is 17.0 Å². The van der Waals surface area contributed by atoms with Crippen LogP contribution in [0.1, 0.15) is 39.2 Å². The van der Waals surface area contributed by atoms with Crippen molar-refractivity contribution in [2.75, 3.05) is 17.1 Å². The predicted octanol–water partition coefficient (Wildman–Crippen LogP) is 3.97. The van der Waals surface area contributed by atoms with E-state index in [2.05, 4.69) is 5.32 Å². The molecule has 0 saturated carbocycles. The van der Waals surface area contributed by atoms with Crippen LogP contribution in [0.15, 0.2) is 48.5 Å². The Labute approximate surface area is 205 Å². The fourth-order valence-corrected chi connectivity index (χ4v) is 4.44. The van der Waals surface area contributed by atoms with Crippen LogP contribution < -0.4 is 9.62 Å². The summed E-state index contributed by atoms with van der Waals surface area (Å²) >= 11 is 6.32. The van der Waals surface area contributed by atoms with Crippen LogP contribution in [0.25, 0.3) is 0 Å². The Hall–Kier alpha value is -2.65. The number of anilines is 1. The van der Waals surface area contributed by atoms with E-state index in [1.807, 2.05) is 13.8 Å². The summed E-state index contributed by atoms with van der Waals surface area (Å²) in [5, 5.41) is 3.33. The molecule has 0 saturated heterocycles. The first kappa shape index (κ1) is 27.6. The molecule has 0 aliphatic rings. The number of sulfonamides is 1. The Bertz CT molecular complexity index is 1100. The predicted molar refractivity (Wildman–Crippen MR) is 133 cm³/mol. The molecule has 10 heteroatoms. The number of nitrogens with one attached hydrogen (secondary N) is 1. The van der Waals surface area contributed by atoms with Crippen LogP contribution in [0.5, 0.6) is 0 Å². The van der Waals surface area contributed by atoms with Crippen molar-refractivity contribution < 1.29 is 22.4 Å². The molecule has 0 aromatic heterocycles. The quantitative estimate of drug-likeness (QED) is 0.494. The van der Waals surface area contributed by atoms with Crippen molar-refractivity contribution in [3.8, 4) is 0 Å². The molecule has 0 bridgehead atoms. The minimum atomic E-state index is -3.88. The van der Waals surface area contributed by atoms with Gasteiger partial charge in [-0.1, -0.05) is 43.6 Å². The fourth-order valence-electron chi connectivity index (χ4n) is 3.39. The summed E-state index contributed by atoms with van der Waals surface area (Å²) in [6.45, 7) is 5.05. The fraction of sp³-hybridized carbons (Fsp3) is 0.417. The van der Waals surface area contributed by atoms with Gasteiger partial charge in [-0.05, 0) is 55.7 Å². The van der Waals surface area contributed by atoms with E-state index < -0.39 is 34.3 Å². The third-order valence-electron chi connectivity index (χ3n) is 5.48. The van der Waals surface area contributed by atoms with Gasteiger partial charge >= 0.3 is 0 Å². The Kier molecular flexibility index (Phi) is 9.88. The van der Waals surface area contributed by atoms with E-state index in [9.17, 15) is 22.4 Å². The summed E-state index contributed by atoms with van der Waals surface area (Å²) in [5.74, 6) is -1.44. The number of carbonyl (C=O) groups excluding carboxylic acids is 2. The maximum atomic E-state index is 13.5. The highest BCUT2D eigenvalue weighted by atomic mass is 35.5. The first-order valence-electron chi connectivity index (χ1n) is 11.0. The van der Waals surface area contributed by atoms with Gasteiger partial charge < -0.3 is 10.2 Å². The molecule has 2 atom stereocenters. The molecule has 2 aromatic carbocycles. The number of hydrogen-bond acceptors (Lipinski definition) is 4. The molecular formula is C24H31ClFN3O4S. The highest BCUT2D eigenvalue weighted by Crippen LogP contribution is 2.22. The van der Waals surface area contributed by atoms with Crippen LogP contribution >= 0.6 is 11.6 Å². The molecule has 0 radical (unpaired) electrons. The molecule has 0 fully saturated rings. The highest BCUT2D eigenvalue weighted by molar-refractivity contribution is 7.92. The standard InChI is InChI=1S/C24H31ClFN3O4S/c1-5-17(3)27-24(31)22(6-2)28(15-18-9-7-8-10-21(18)25)23(30)16-29(34(4,32)33)20-13-11-19(26)12-14-20/h7-14,17,22H,5-6,15-16H2,1-4H3,(H,27,31)/t17-,22+/m1/s1. The number of amides is 2. The molecule has 0 aliphatic heterocycles. The molecule has 7 nitrogen and oxygen atoms in total. The van der Waals surface area contributed by atoms with Gasteiger partial charge in [-0.15, -0.1) is 0 Å². The second-order valence-electron chi connectivity index (χ2n) is 8.10. The molecule has 2 amide bonds. The minimum absolute atomic E-state index is 0.0198. The smallest absolute Gasteiger partial charge is 0.244 e. The van der Waals surface area contributed by atoms with Gasteiger partial charge in [0.25, 0.3) is 0 Å². The largest absolute Gasteiger partial charge is 0.352 e. The zero-order valence-electron chi connectivity index (χ0n) is 19.8. The first-order valence-corrected chi connectivity index (χ1v) is 13.3. The van der Waals surface area contributed by atoms with Crippen LogP contribution in [0.2, 0.25) is 5.02 Å². The van der Waals surface area contributed by atoms with E-state index in [-0.39, 0.29) is 24.2 Å². The molecule has 0 aliphatic carbocycles. The van der Waals surface area contributed by atoms with E-state index >= 15 is 0 Å². The summed E-state index contributed by atoms with van der Waals surface area (Å²) in [7, 11) is -3.88. The summed E-state index contributed by atoms with van der Waals surface area (Å²) in [4.78, 5) is 27.9. The Morgan fingerprint density at radius 2 is 1.68 bits per heavy atom.